The molecule has 3 amide bonds. The predicted molar refractivity (Wildman–Crippen MR) is 97.8 cm³/mol. The van der Waals surface area contributed by atoms with Crippen molar-refractivity contribution < 1.29 is 14.4 Å². The number of anilines is 1. The second kappa shape index (κ2) is 6.41. The van der Waals surface area contributed by atoms with Crippen LogP contribution in [-0.4, -0.2) is 59.2 Å². The van der Waals surface area contributed by atoms with Crippen molar-refractivity contribution in [2.24, 2.45) is 0 Å². The summed E-state index contributed by atoms with van der Waals surface area (Å²) in [7, 11) is 0. The van der Waals surface area contributed by atoms with Gasteiger partial charge >= 0.3 is 0 Å². The molecule has 4 rings (SSSR count). The highest BCUT2D eigenvalue weighted by molar-refractivity contribution is 6.02. The van der Waals surface area contributed by atoms with E-state index in [4.69, 9.17) is 0 Å². The average molecular weight is 355 g/mol. The van der Waals surface area contributed by atoms with E-state index in [1.807, 2.05) is 19.1 Å². The zero-order valence-electron chi connectivity index (χ0n) is 15.4. The smallest absolute Gasteiger partial charge is 0.246 e. The number of carbonyl (C=O) groups excluding carboxylic acids is 3. The van der Waals surface area contributed by atoms with Crippen molar-refractivity contribution in [1.82, 2.24) is 9.80 Å². The van der Waals surface area contributed by atoms with Gasteiger partial charge in [-0.25, -0.2) is 0 Å². The lowest BCUT2D eigenvalue weighted by Gasteiger charge is -2.41. The van der Waals surface area contributed by atoms with Crippen molar-refractivity contribution in [2.75, 3.05) is 24.5 Å². The van der Waals surface area contributed by atoms with Crippen LogP contribution in [-0.2, 0) is 20.8 Å². The molecule has 0 aliphatic carbocycles. The van der Waals surface area contributed by atoms with Crippen LogP contribution in [0.5, 0.6) is 0 Å². The molecule has 0 aromatic heterocycles. The number of hydrogen-bond donors (Lipinski definition) is 0. The first-order valence-electron chi connectivity index (χ1n) is 9.48. The number of hydrogen-bond acceptors (Lipinski definition) is 3. The second-order valence-electron chi connectivity index (χ2n) is 7.61. The van der Waals surface area contributed by atoms with Crippen molar-refractivity contribution >= 4 is 23.4 Å². The van der Waals surface area contributed by atoms with Crippen molar-refractivity contribution in [3.8, 4) is 0 Å². The fraction of sp³-hybridized carbons (Fsp3) is 0.550. The molecule has 0 bridgehead atoms. The number of carbonyl (C=O) groups is 3. The van der Waals surface area contributed by atoms with Crippen LogP contribution in [0.25, 0.3) is 0 Å². The van der Waals surface area contributed by atoms with Crippen LogP contribution in [0.4, 0.5) is 5.69 Å². The largest absolute Gasteiger partial charge is 0.329 e. The van der Waals surface area contributed by atoms with Crippen molar-refractivity contribution in [3.05, 3.63) is 29.3 Å². The fourth-order valence-electron chi connectivity index (χ4n) is 4.47. The summed E-state index contributed by atoms with van der Waals surface area (Å²) in [5.41, 5.74) is 3.31. The molecule has 3 heterocycles. The Labute approximate surface area is 153 Å². The molecule has 2 atom stereocenters. The summed E-state index contributed by atoms with van der Waals surface area (Å²) in [6.45, 7) is 5.07. The standard InChI is InChI=1S/C20H25N3O3/c1-13-7-8-16-15(11-13)5-3-9-21(16)18(24)12-23-14(2)19(25)22-10-4-6-17(22)20(23)26/h7-8,11,14,17H,3-6,9-10,12H2,1-2H3/t14-,17-/m0/s1. The van der Waals surface area contributed by atoms with E-state index in [1.165, 1.54) is 16.0 Å². The highest BCUT2D eigenvalue weighted by atomic mass is 16.2. The van der Waals surface area contributed by atoms with Crippen LogP contribution in [0.1, 0.15) is 37.3 Å². The lowest BCUT2D eigenvalue weighted by molar-refractivity contribution is -0.159. The topological polar surface area (TPSA) is 60.9 Å². The molecule has 138 valence electrons. The number of benzene rings is 1. The second-order valence-corrected chi connectivity index (χ2v) is 7.61. The summed E-state index contributed by atoms with van der Waals surface area (Å²) in [6, 6.07) is 5.20. The SMILES string of the molecule is Cc1ccc2c(c1)CCCN2C(=O)CN1C(=O)[C@@H]2CCCN2C(=O)[C@@H]1C. The van der Waals surface area contributed by atoms with Crippen molar-refractivity contribution in [2.45, 2.75) is 51.6 Å². The molecule has 26 heavy (non-hydrogen) atoms. The van der Waals surface area contributed by atoms with Crippen LogP contribution in [0.3, 0.4) is 0 Å². The minimum absolute atomic E-state index is 0.0244. The highest BCUT2D eigenvalue weighted by Crippen LogP contribution is 2.30. The maximum Gasteiger partial charge on any atom is 0.246 e. The molecule has 6 heteroatoms. The molecule has 2 fully saturated rings. The Kier molecular flexibility index (Phi) is 4.21. The third-order valence-corrected chi connectivity index (χ3v) is 5.89. The summed E-state index contributed by atoms with van der Waals surface area (Å²) >= 11 is 0. The molecule has 0 saturated carbocycles. The highest BCUT2D eigenvalue weighted by Gasteiger charge is 2.46. The first-order valence-corrected chi connectivity index (χ1v) is 9.48. The molecule has 3 aliphatic heterocycles. The van der Waals surface area contributed by atoms with Crippen LogP contribution in [0.15, 0.2) is 18.2 Å². The van der Waals surface area contributed by atoms with E-state index < -0.39 is 6.04 Å². The van der Waals surface area contributed by atoms with Crippen molar-refractivity contribution in [1.29, 1.82) is 0 Å². The minimum atomic E-state index is -0.567. The monoisotopic (exact) mass is 355 g/mol. The van der Waals surface area contributed by atoms with E-state index in [0.29, 0.717) is 19.5 Å². The van der Waals surface area contributed by atoms with Gasteiger partial charge in [-0.3, -0.25) is 14.4 Å². The molecule has 0 N–H and O–H groups in total. The number of aryl methyl sites for hydroxylation is 2. The molecular weight excluding hydrogens is 330 g/mol. The van der Waals surface area contributed by atoms with E-state index in [0.717, 1.165) is 24.9 Å². The quantitative estimate of drug-likeness (QED) is 0.808. The van der Waals surface area contributed by atoms with Gasteiger partial charge in [0, 0.05) is 18.8 Å². The molecule has 6 nitrogen and oxygen atoms in total. The van der Waals surface area contributed by atoms with E-state index in [-0.39, 0.29) is 30.3 Å². The van der Waals surface area contributed by atoms with Gasteiger partial charge in [-0.15, -0.1) is 0 Å². The number of fused-ring (bicyclic) bond motifs is 2. The summed E-state index contributed by atoms with van der Waals surface area (Å²) in [4.78, 5) is 43.4. The Morgan fingerprint density at radius 2 is 1.96 bits per heavy atom. The molecule has 0 radical (unpaired) electrons. The number of nitrogens with zero attached hydrogens (tertiary/aromatic N) is 3. The molecular formula is C20H25N3O3. The lowest BCUT2D eigenvalue weighted by atomic mass is 9.99. The molecule has 1 aromatic rings. The Morgan fingerprint density at radius 1 is 1.15 bits per heavy atom. The Bertz CT molecular complexity index is 776. The van der Waals surface area contributed by atoms with E-state index in [9.17, 15) is 14.4 Å². The Balaban J connectivity index is 1.55. The van der Waals surface area contributed by atoms with Gasteiger partial charge in [-0.2, -0.15) is 0 Å². The Morgan fingerprint density at radius 3 is 2.77 bits per heavy atom. The minimum Gasteiger partial charge on any atom is -0.329 e. The van der Waals surface area contributed by atoms with Crippen LogP contribution < -0.4 is 4.90 Å². The van der Waals surface area contributed by atoms with Gasteiger partial charge < -0.3 is 14.7 Å². The number of piperazine rings is 1. The molecule has 0 unspecified atom stereocenters. The van der Waals surface area contributed by atoms with E-state index >= 15 is 0 Å². The number of amides is 3. The molecule has 2 saturated heterocycles. The zero-order valence-corrected chi connectivity index (χ0v) is 15.4. The predicted octanol–water partition coefficient (Wildman–Crippen LogP) is 1.50. The summed E-state index contributed by atoms with van der Waals surface area (Å²) < 4.78 is 0. The first kappa shape index (κ1) is 17.1. The maximum absolute atomic E-state index is 13.0. The number of rotatable bonds is 2. The van der Waals surface area contributed by atoms with Gasteiger partial charge in [0.05, 0.1) is 0 Å². The normalized spacial score (nSPS) is 25.4. The van der Waals surface area contributed by atoms with E-state index in [1.54, 1.807) is 16.7 Å². The molecule has 3 aliphatic rings. The molecule has 1 aromatic carbocycles. The van der Waals surface area contributed by atoms with Gasteiger partial charge in [0.15, 0.2) is 0 Å². The third kappa shape index (κ3) is 2.68. The zero-order chi connectivity index (χ0) is 18.4. The average Bonchev–Trinajstić information content (AvgIpc) is 3.12. The molecule has 0 spiro atoms. The van der Waals surface area contributed by atoms with Crippen LogP contribution >= 0.6 is 0 Å². The van der Waals surface area contributed by atoms with Gasteiger partial charge in [0.25, 0.3) is 0 Å². The van der Waals surface area contributed by atoms with Crippen LogP contribution in [0.2, 0.25) is 0 Å². The fourth-order valence-corrected chi connectivity index (χ4v) is 4.47. The van der Waals surface area contributed by atoms with Crippen molar-refractivity contribution in [3.63, 3.8) is 0 Å². The summed E-state index contributed by atoms with van der Waals surface area (Å²) in [5.74, 6) is -0.215. The van der Waals surface area contributed by atoms with Crippen LogP contribution in [0, 0.1) is 6.92 Å². The third-order valence-electron chi connectivity index (χ3n) is 5.89. The summed E-state index contributed by atoms with van der Waals surface area (Å²) in [6.07, 6.45) is 3.44. The first-order chi connectivity index (χ1) is 12.5. The van der Waals surface area contributed by atoms with Gasteiger partial charge in [-0.1, -0.05) is 17.7 Å². The summed E-state index contributed by atoms with van der Waals surface area (Å²) in [5, 5.41) is 0. The lowest BCUT2D eigenvalue weighted by Crippen LogP contribution is -2.63. The maximum atomic E-state index is 13.0. The van der Waals surface area contributed by atoms with Gasteiger partial charge in [0.2, 0.25) is 17.7 Å². The Hall–Kier alpha value is -2.37. The van der Waals surface area contributed by atoms with E-state index in [2.05, 4.69) is 6.07 Å². The van der Waals surface area contributed by atoms with Gasteiger partial charge in [-0.05, 0) is 51.2 Å². The van der Waals surface area contributed by atoms with Gasteiger partial charge in [0.1, 0.15) is 18.6 Å².